The van der Waals surface area contributed by atoms with Crippen molar-refractivity contribution in [3.8, 4) is 0 Å². The van der Waals surface area contributed by atoms with Gasteiger partial charge in [0.1, 0.15) is 4.90 Å². The van der Waals surface area contributed by atoms with E-state index >= 15 is 0 Å². The lowest BCUT2D eigenvalue weighted by atomic mass is 10.2. The Morgan fingerprint density at radius 2 is 1.83 bits per heavy atom. The van der Waals surface area contributed by atoms with E-state index in [1.807, 2.05) is 24.3 Å². The van der Waals surface area contributed by atoms with E-state index in [9.17, 15) is 16.8 Å². The fourth-order valence-corrected chi connectivity index (χ4v) is 7.99. The lowest BCUT2D eigenvalue weighted by Gasteiger charge is -2.35. The molecule has 0 radical (unpaired) electrons. The second-order valence-corrected chi connectivity index (χ2v) is 12.4. The minimum atomic E-state index is -3.73. The van der Waals surface area contributed by atoms with Gasteiger partial charge in [-0.25, -0.2) is 16.8 Å². The molecule has 1 aromatic heterocycles. The molecule has 8 nitrogen and oxygen atoms in total. The van der Waals surface area contributed by atoms with Crippen molar-refractivity contribution in [3.63, 3.8) is 0 Å². The van der Waals surface area contributed by atoms with E-state index in [4.69, 9.17) is 11.6 Å². The maximum atomic E-state index is 13.4. The van der Waals surface area contributed by atoms with E-state index in [1.54, 1.807) is 18.5 Å². The summed E-state index contributed by atoms with van der Waals surface area (Å²) >= 11 is 6.07. The first-order valence-electron chi connectivity index (χ1n) is 9.85. The van der Waals surface area contributed by atoms with Gasteiger partial charge >= 0.3 is 0 Å². The molecule has 1 aromatic carbocycles. The van der Waals surface area contributed by atoms with Gasteiger partial charge in [0.2, 0.25) is 10.0 Å². The van der Waals surface area contributed by atoms with Gasteiger partial charge in [-0.15, -0.1) is 0 Å². The third-order valence-electron chi connectivity index (χ3n) is 5.82. The summed E-state index contributed by atoms with van der Waals surface area (Å²) in [4.78, 5) is 2.31. The molecule has 0 unspecified atom stereocenters. The van der Waals surface area contributed by atoms with Crippen LogP contribution in [0, 0.1) is 13.8 Å². The molecule has 2 aliphatic heterocycles. The Kier molecular flexibility index (Phi) is 5.63. The number of aromatic nitrogens is 2. The number of aryl methyl sites for hydroxylation is 1. The van der Waals surface area contributed by atoms with E-state index in [-0.39, 0.29) is 22.4 Å². The lowest BCUT2D eigenvalue weighted by molar-refractivity contribution is 0.384. The van der Waals surface area contributed by atoms with Crippen molar-refractivity contribution in [1.82, 2.24) is 14.1 Å². The summed E-state index contributed by atoms with van der Waals surface area (Å²) in [6.07, 6.45) is 0.460. The summed E-state index contributed by atoms with van der Waals surface area (Å²) in [6.45, 7) is 5.22. The van der Waals surface area contributed by atoms with E-state index in [2.05, 4.69) is 10.00 Å². The summed E-state index contributed by atoms with van der Waals surface area (Å²) in [7, 11) is -6.82. The molecule has 2 saturated heterocycles. The Labute approximate surface area is 182 Å². The summed E-state index contributed by atoms with van der Waals surface area (Å²) < 4.78 is 53.6. The van der Waals surface area contributed by atoms with Crippen molar-refractivity contribution in [2.75, 3.05) is 42.6 Å². The van der Waals surface area contributed by atoms with Gasteiger partial charge in [-0.2, -0.15) is 9.40 Å². The zero-order valence-electron chi connectivity index (χ0n) is 17.0. The zero-order chi connectivity index (χ0) is 21.7. The van der Waals surface area contributed by atoms with Crippen LogP contribution in [-0.2, 0) is 19.9 Å². The monoisotopic (exact) mass is 472 g/mol. The fourth-order valence-electron chi connectivity index (χ4n) is 4.33. The first kappa shape index (κ1) is 21.6. The second-order valence-electron chi connectivity index (χ2n) is 7.87. The van der Waals surface area contributed by atoms with Crippen LogP contribution in [-0.4, -0.2) is 68.6 Å². The van der Waals surface area contributed by atoms with Crippen molar-refractivity contribution < 1.29 is 16.8 Å². The highest BCUT2D eigenvalue weighted by Gasteiger charge is 2.36. The lowest BCUT2D eigenvalue weighted by Crippen LogP contribution is -2.48. The van der Waals surface area contributed by atoms with Crippen molar-refractivity contribution >= 4 is 37.1 Å². The van der Waals surface area contributed by atoms with Gasteiger partial charge in [0.15, 0.2) is 9.84 Å². The van der Waals surface area contributed by atoms with Crippen LogP contribution in [0.5, 0.6) is 0 Å². The predicted molar refractivity (Wildman–Crippen MR) is 116 cm³/mol. The molecule has 1 atom stereocenters. The van der Waals surface area contributed by atoms with Crippen LogP contribution < -0.4 is 4.90 Å². The Morgan fingerprint density at radius 3 is 2.43 bits per heavy atom. The molecule has 11 heteroatoms. The quantitative estimate of drug-likeness (QED) is 0.676. The Bertz CT molecular complexity index is 1170. The van der Waals surface area contributed by atoms with Gasteiger partial charge in [-0.3, -0.25) is 4.68 Å². The third kappa shape index (κ3) is 3.98. The molecule has 0 aliphatic carbocycles. The zero-order valence-corrected chi connectivity index (χ0v) is 19.3. The van der Waals surface area contributed by atoms with Gasteiger partial charge < -0.3 is 4.90 Å². The number of rotatable bonds is 4. The van der Waals surface area contributed by atoms with Crippen LogP contribution in [0.4, 0.5) is 5.69 Å². The highest BCUT2D eigenvalue weighted by molar-refractivity contribution is 7.91. The smallest absolute Gasteiger partial charge is 0.246 e. The van der Waals surface area contributed by atoms with Crippen molar-refractivity contribution in [1.29, 1.82) is 0 Å². The Hall–Kier alpha value is -1.62. The van der Waals surface area contributed by atoms with Crippen LogP contribution >= 0.6 is 11.6 Å². The normalized spacial score (nSPS) is 22.5. The molecular weight excluding hydrogens is 448 g/mol. The highest BCUT2D eigenvalue weighted by Crippen LogP contribution is 2.31. The standard InChI is InChI=1S/C19H25ClN4O4S2/c1-14-19(15(2)24(21-14)18-6-11-29(25,26)13-18)30(27,28)23-9-7-22(8-10-23)17-5-3-4-16(20)12-17/h3-5,12,18H,6-11,13H2,1-2H3/t18-/m1/s1. The fraction of sp³-hybridized carbons (Fsp3) is 0.526. The number of nitrogens with zero attached hydrogens (tertiary/aromatic N) is 4. The molecule has 2 aromatic rings. The molecule has 0 N–H and O–H groups in total. The third-order valence-corrected chi connectivity index (χ3v) is 9.96. The number of benzene rings is 1. The van der Waals surface area contributed by atoms with Crippen LogP contribution in [0.3, 0.4) is 0 Å². The number of sulfone groups is 1. The van der Waals surface area contributed by atoms with Gasteiger partial charge in [0, 0.05) is 36.9 Å². The average Bonchev–Trinajstić information content (AvgIpc) is 3.20. The Balaban J connectivity index is 1.55. The molecule has 0 amide bonds. The van der Waals surface area contributed by atoms with E-state index in [0.717, 1.165) is 5.69 Å². The number of hydrogen-bond acceptors (Lipinski definition) is 6. The number of halogens is 1. The summed E-state index contributed by atoms with van der Waals surface area (Å²) in [5.41, 5.74) is 1.89. The molecule has 30 heavy (non-hydrogen) atoms. The van der Waals surface area contributed by atoms with Crippen LogP contribution in [0.2, 0.25) is 5.02 Å². The van der Waals surface area contributed by atoms with Crippen molar-refractivity contribution in [2.24, 2.45) is 0 Å². The Morgan fingerprint density at radius 1 is 1.13 bits per heavy atom. The molecule has 164 valence electrons. The molecule has 4 rings (SSSR count). The predicted octanol–water partition coefficient (Wildman–Crippen LogP) is 2.02. The van der Waals surface area contributed by atoms with E-state index in [1.165, 1.54) is 4.31 Å². The van der Waals surface area contributed by atoms with Crippen LogP contribution in [0.1, 0.15) is 23.9 Å². The van der Waals surface area contributed by atoms with Crippen LogP contribution in [0.15, 0.2) is 29.2 Å². The molecule has 2 aliphatic rings. The van der Waals surface area contributed by atoms with Gasteiger partial charge in [0.25, 0.3) is 0 Å². The minimum absolute atomic E-state index is 0.00670. The molecular formula is C19H25ClN4O4S2. The van der Waals surface area contributed by atoms with Gasteiger partial charge in [-0.05, 0) is 38.5 Å². The number of sulfonamides is 1. The second kappa shape index (κ2) is 7.81. The minimum Gasteiger partial charge on any atom is -0.369 e. The van der Waals surface area contributed by atoms with Crippen LogP contribution in [0.25, 0.3) is 0 Å². The molecule has 0 spiro atoms. The van der Waals surface area contributed by atoms with Gasteiger partial charge in [0.05, 0.1) is 28.9 Å². The SMILES string of the molecule is Cc1nn([C@@H]2CCS(=O)(=O)C2)c(C)c1S(=O)(=O)N1CCN(c2cccc(Cl)c2)CC1. The molecule has 0 bridgehead atoms. The molecule has 0 saturated carbocycles. The first-order chi connectivity index (χ1) is 14.1. The highest BCUT2D eigenvalue weighted by atomic mass is 35.5. The molecule has 2 fully saturated rings. The first-order valence-corrected chi connectivity index (χ1v) is 13.5. The summed E-state index contributed by atoms with van der Waals surface area (Å²) in [6, 6.07) is 7.22. The number of anilines is 1. The maximum absolute atomic E-state index is 13.4. The number of piperazine rings is 1. The maximum Gasteiger partial charge on any atom is 0.246 e. The summed E-state index contributed by atoms with van der Waals surface area (Å²) in [5, 5.41) is 5.06. The largest absolute Gasteiger partial charge is 0.369 e. The average molecular weight is 473 g/mol. The van der Waals surface area contributed by atoms with E-state index in [0.29, 0.717) is 49.0 Å². The number of hydrogen-bond donors (Lipinski definition) is 0. The van der Waals surface area contributed by atoms with E-state index < -0.39 is 19.9 Å². The topological polar surface area (TPSA) is 92.6 Å². The van der Waals surface area contributed by atoms with Crippen molar-refractivity contribution in [3.05, 3.63) is 40.7 Å². The summed E-state index contributed by atoms with van der Waals surface area (Å²) in [5.74, 6) is 0.121. The van der Waals surface area contributed by atoms with Gasteiger partial charge in [-0.1, -0.05) is 17.7 Å². The van der Waals surface area contributed by atoms with Crippen molar-refractivity contribution in [2.45, 2.75) is 31.2 Å². The molecule has 3 heterocycles.